The van der Waals surface area contributed by atoms with Crippen LogP contribution < -0.4 is 21.3 Å². The summed E-state index contributed by atoms with van der Waals surface area (Å²) in [7, 11) is 3.77. The number of nitrogens with two attached hydrogens (primary N) is 2. The molecular formula is C31H37Cl2N9O2. The van der Waals surface area contributed by atoms with E-state index < -0.39 is 11.9 Å². The largest absolute Gasteiger partial charge is 0.347 e. The number of carbonyl (C=O) groups is 2. The van der Waals surface area contributed by atoms with E-state index in [1.807, 2.05) is 43.3 Å². The van der Waals surface area contributed by atoms with Crippen LogP contribution in [0.25, 0.3) is 22.5 Å². The average molecular weight is 639 g/mol. The van der Waals surface area contributed by atoms with Crippen LogP contribution in [0.5, 0.6) is 0 Å². The van der Waals surface area contributed by atoms with E-state index in [-0.39, 0.29) is 35.9 Å². The van der Waals surface area contributed by atoms with E-state index in [0.717, 1.165) is 29.5 Å². The van der Waals surface area contributed by atoms with Gasteiger partial charge in [-0.15, -0.1) is 12.4 Å². The molecule has 2 amide bonds. The van der Waals surface area contributed by atoms with Crippen LogP contribution in [0, 0.1) is 11.8 Å². The first-order valence-electron chi connectivity index (χ1n) is 14.3. The fourth-order valence-electron chi connectivity index (χ4n) is 5.41. The lowest BCUT2D eigenvalue weighted by atomic mass is 9.81. The van der Waals surface area contributed by atoms with Crippen molar-refractivity contribution in [3.8, 4) is 22.5 Å². The number of aromatic amines is 1. The van der Waals surface area contributed by atoms with Crippen LogP contribution in [0.2, 0.25) is 5.28 Å². The minimum atomic E-state index is -0.946. The van der Waals surface area contributed by atoms with Crippen LogP contribution in [0.4, 0.5) is 11.6 Å². The molecule has 1 saturated carbocycles. The number of rotatable bonds is 9. The highest BCUT2D eigenvalue weighted by Crippen LogP contribution is 2.32. The summed E-state index contributed by atoms with van der Waals surface area (Å²) in [6, 6.07) is 13.8. The van der Waals surface area contributed by atoms with Gasteiger partial charge in [0.2, 0.25) is 17.1 Å². The number of anilines is 2. The Labute approximate surface area is 267 Å². The molecule has 0 bridgehead atoms. The molecule has 2 aromatic carbocycles. The number of halogens is 2. The van der Waals surface area contributed by atoms with Crippen molar-refractivity contribution < 1.29 is 9.59 Å². The third-order valence-corrected chi connectivity index (χ3v) is 8.05. The van der Waals surface area contributed by atoms with E-state index in [9.17, 15) is 9.59 Å². The maximum absolute atomic E-state index is 14.0. The van der Waals surface area contributed by atoms with Crippen molar-refractivity contribution in [2.24, 2.45) is 23.3 Å². The zero-order valence-electron chi connectivity index (χ0n) is 24.7. The Morgan fingerprint density at radius 1 is 1.00 bits per heavy atom. The summed E-state index contributed by atoms with van der Waals surface area (Å²) in [6.45, 7) is 0.603. The Balaban J connectivity index is 0.00000442. The molecule has 5 rings (SSSR count). The van der Waals surface area contributed by atoms with Crippen molar-refractivity contribution in [1.29, 1.82) is 0 Å². The summed E-state index contributed by atoms with van der Waals surface area (Å²) in [5, 5.41) is 6.86. The van der Waals surface area contributed by atoms with Gasteiger partial charge in [-0.25, -0.2) is 20.0 Å². The smallest absolute Gasteiger partial charge is 0.251 e. The first-order valence-corrected chi connectivity index (χ1v) is 14.7. The second-order valence-corrected chi connectivity index (χ2v) is 11.5. The van der Waals surface area contributed by atoms with Crippen molar-refractivity contribution in [1.82, 2.24) is 25.1 Å². The number of aromatic nitrogens is 5. The molecule has 5 N–H and O–H groups in total. The molecule has 0 saturated heterocycles. The highest BCUT2D eigenvalue weighted by Gasteiger charge is 2.35. The minimum Gasteiger partial charge on any atom is -0.347 e. The molecule has 44 heavy (non-hydrogen) atoms. The molecule has 0 spiro atoms. The molecule has 11 nitrogen and oxygen atoms in total. The summed E-state index contributed by atoms with van der Waals surface area (Å²) in [5.41, 5.74) is 16.2. The molecule has 4 aromatic rings. The van der Waals surface area contributed by atoms with E-state index in [2.05, 4.69) is 25.1 Å². The Hall–Kier alpha value is -3.90. The first-order chi connectivity index (χ1) is 20.7. The fraction of sp³-hybridized carbons (Fsp3) is 0.355. The summed E-state index contributed by atoms with van der Waals surface area (Å²) in [4.78, 5) is 43.9. The van der Waals surface area contributed by atoms with Gasteiger partial charge in [0.05, 0.1) is 11.7 Å². The van der Waals surface area contributed by atoms with Crippen molar-refractivity contribution in [2.45, 2.75) is 38.1 Å². The van der Waals surface area contributed by atoms with E-state index in [4.69, 9.17) is 23.1 Å². The first kappa shape index (κ1) is 33.0. The number of hydrogen-bond acceptors (Lipinski definition) is 9. The van der Waals surface area contributed by atoms with Crippen LogP contribution in [-0.4, -0.2) is 63.6 Å². The highest BCUT2D eigenvalue weighted by molar-refractivity contribution is 6.28. The standard InChI is InChI=1S/C31H36ClN9O2.ClH/c1-40(2)31-35-17-24(18-36-31)23-5-3-4-20(14-23)15-26(34)29(43)41(28(42)22-8-6-19(16-33)7-9-22)25-12-10-21(11-13-25)27-37-30(32)39-38-27;/h3-5,10-14,17-19,22,26H,6-9,15-16,33-34H2,1-2H3,(H,37,38,39);1H/t19?,22?,26-;/m0./s1. The van der Waals surface area contributed by atoms with Gasteiger partial charge >= 0.3 is 0 Å². The van der Waals surface area contributed by atoms with Crippen molar-refractivity contribution in [3.05, 3.63) is 71.8 Å². The molecule has 2 aromatic heterocycles. The number of nitrogens with one attached hydrogen (secondary N) is 1. The normalized spacial score (nSPS) is 16.9. The lowest BCUT2D eigenvalue weighted by molar-refractivity contribution is -0.130. The Morgan fingerprint density at radius 3 is 2.27 bits per heavy atom. The van der Waals surface area contributed by atoms with Gasteiger partial charge in [-0.1, -0.05) is 24.3 Å². The van der Waals surface area contributed by atoms with Crippen LogP contribution in [-0.2, 0) is 16.0 Å². The Kier molecular flexibility index (Phi) is 11.0. The number of amides is 2. The summed E-state index contributed by atoms with van der Waals surface area (Å²) >= 11 is 5.89. The van der Waals surface area contributed by atoms with Gasteiger partial charge in [0.25, 0.3) is 5.91 Å². The van der Waals surface area contributed by atoms with E-state index in [1.54, 1.807) is 36.7 Å². The van der Waals surface area contributed by atoms with Crippen LogP contribution in [0.1, 0.15) is 31.2 Å². The van der Waals surface area contributed by atoms with Gasteiger partial charge in [-0.05, 0) is 91.6 Å². The predicted octanol–water partition coefficient (Wildman–Crippen LogP) is 4.26. The lowest BCUT2D eigenvalue weighted by Gasteiger charge is -2.32. The lowest BCUT2D eigenvalue weighted by Crippen LogP contribution is -2.50. The second-order valence-electron chi connectivity index (χ2n) is 11.1. The number of nitrogens with zero attached hydrogens (tertiary/aromatic N) is 6. The summed E-state index contributed by atoms with van der Waals surface area (Å²) < 4.78 is 0. The monoisotopic (exact) mass is 637 g/mol. The molecule has 1 fully saturated rings. The van der Waals surface area contributed by atoms with Gasteiger partial charge in [0.15, 0.2) is 5.82 Å². The molecule has 0 radical (unpaired) electrons. The molecule has 2 heterocycles. The van der Waals surface area contributed by atoms with Crippen molar-refractivity contribution in [3.63, 3.8) is 0 Å². The molecule has 13 heteroatoms. The van der Waals surface area contributed by atoms with E-state index in [1.165, 1.54) is 4.90 Å². The number of carbonyl (C=O) groups excluding carboxylic acids is 2. The molecule has 1 atom stereocenters. The minimum absolute atomic E-state index is 0. The molecule has 1 aliphatic carbocycles. The van der Waals surface area contributed by atoms with Crippen LogP contribution >= 0.6 is 24.0 Å². The topological polar surface area (TPSA) is 160 Å². The maximum Gasteiger partial charge on any atom is 0.251 e. The number of hydrogen-bond donors (Lipinski definition) is 3. The third-order valence-electron chi connectivity index (χ3n) is 7.88. The number of imide groups is 1. The average Bonchev–Trinajstić information content (AvgIpc) is 3.47. The van der Waals surface area contributed by atoms with E-state index >= 15 is 0 Å². The van der Waals surface area contributed by atoms with Crippen molar-refractivity contribution in [2.75, 3.05) is 30.4 Å². The van der Waals surface area contributed by atoms with Gasteiger partial charge in [-0.3, -0.25) is 9.59 Å². The fourth-order valence-corrected chi connectivity index (χ4v) is 5.53. The van der Waals surface area contributed by atoms with Crippen LogP contribution in [0.3, 0.4) is 0 Å². The van der Waals surface area contributed by atoms with Gasteiger partial charge in [0.1, 0.15) is 0 Å². The summed E-state index contributed by atoms with van der Waals surface area (Å²) in [6.07, 6.45) is 6.87. The van der Waals surface area contributed by atoms with Gasteiger partial charge in [-0.2, -0.15) is 10.1 Å². The molecule has 232 valence electrons. The molecule has 1 aliphatic rings. The quantitative estimate of drug-likeness (QED) is 0.243. The Morgan fingerprint density at radius 2 is 1.68 bits per heavy atom. The summed E-state index contributed by atoms with van der Waals surface area (Å²) in [5.74, 6) is 0.462. The second kappa shape index (κ2) is 14.7. The molecule has 0 unspecified atom stereocenters. The number of H-pyrrole nitrogens is 1. The highest BCUT2D eigenvalue weighted by atomic mass is 35.5. The SMILES string of the molecule is CN(C)c1ncc(-c2cccc(C[C@H](N)C(=O)N(C(=O)C3CCC(CN)CC3)c3ccc(-c4n[nH]c(Cl)n4)cc3)c2)cn1.Cl. The molecule has 0 aliphatic heterocycles. The van der Waals surface area contributed by atoms with Crippen LogP contribution in [0.15, 0.2) is 60.9 Å². The number of benzene rings is 2. The Bertz CT molecular complexity index is 1550. The van der Waals surface area contributed by atoms with Gasteiger partial charge < -0.3 is 16.4 Å². The van der Waals surface area contributed by atoms with Crippen molar-refractivity contribution >= 4 is 47.5 Å². The van der Waals surface area contributed by atoms with Gasteiger partial charge in [0, 0.05) is 43.5 Å². The van der Waals surface area contributed by atoms with E-state index in [0.29, 0.717) is 48.3 Å². The maximum atomic E-state index is 14.0. The predicted molar refractivity (Wildman–Crippen MR) is 175 cm³/mol. The zero-order valence-corrected chi connectivity index (χ0v) is 26.3. The third kappa shape index (κ3) is 7.59. The molecular weight excluding hydrogens is 601 g/mol. The zero-order chi connectivity index (χ0) is 30.5.